The van der Waals surface area contributed by atoms with Crippen molar-refractivity contribution in [3.05, 3.63) is 60.2 Å². The SMILES string of the molecule is CC(C)CC1NC(=O)C(CC(=O)O)NC(=O)CNC(=O)[C@H](CCCN=C(N)N)NC(=O)C(Cc2ccncc2)NC(=O)C(CCCCN)N(C)C(=O)[C@H]2CCCN2C(=O)C(Cc2ccncc2)NC(=O)[C@H](C)NC1=O. The Morgan fingerprint density at radius 2 is 1.28 bits per heavy atom. The van der Waals surface area contributed by atoms with Crippen LogP contribution in [0.2, 0.25) is 0 Å². The fourth-order valence-electron chi connectivity index (χ4n) is 8.66. The topological polar surface area (TPSA) is 398 Å². The number of carboxylic acids is 1. The number of guanidine groups is 1. The van der Waals surface area contributed by atoms with Crippen LogP contribution in [0.1, 0.15) is 89.7 Å². The van der Waals surface area contributed by atoms with Gasteiger partial charge in [-0.1, -0.05) is 13.8 Å². The van der Waals surface area contributed by atoms with Crippen molar-refractivity contribution in [1.82, 2.24) is 57.0 Å². The molecule has 4 heterocycles. The molecule has 0 aromatic carbocycles. The molecule has 2 aliphatic heterocycles. The number of amides is 9. The third kappa shape index (κ3) is 19.2. The van der Waals surface area contributed by atoms with Crippen molar-refractivity contribution in [3.8, 4) is 0 Å². The molecule has 5 unspecified atom stereocenters. The van der Waals surface area contributed by atoms with Crippen molar-refractivity contribution < 1.29 is 53.1 Å². The molecule has 2 saturated heterocycles. The van der Waals surface area contributed by atoms with Gasteiger partial charge in [0.1, 0.15) is 48.3 Å². The molecule has 0 aliphatic carbocycles. The molecule has 9 amide bonds. The lowest BCUT2D eigenvalue weighted by atomic mass is 10.0. The molecular weight excluding hydrogens is 975 g/mol. The predicted octanol–water partition coefficient (Wildman–Crippen LogP) is -3.16. The number of likely N-dealkylation sites (N-methyl/N-ethyl adjacent to an activating group) is 1. The number of nitrogens with one attached hydrogen (secondary N) is 7. The molecule has 0 saturated carbocycles. The minimum absolute atomic E-state index is 0.00633. The van der Waals surface area contributed by atoms with Crippen LogP contribution in [0.5, 0.6) is 0 Å². The first-order valence-corrected chi connectivity index (χ1v) is 25.1. The van der Waals surface area contributed by atoms with Gasteiger partial charge in [-0.15, -0.1) is 0 Å². The van der Waals surface area contributed by atoms with E-state index in [-0.39, 0.29) is 76.5 Å². The summed E-state index contributed by atoms with van der Waals surface area (Å²) in [6.07, 6.45) is 6.54. The van der Waals surface area contributed by atoms with Crippen LogP contribution in [0.3, 0.4) is 0 Å². The Morgan fingerprint density at radius 3 is 1.88 bits per heavy atom. The van der Waals surface area contributed by atoms with Gasteiger partial charge in [-0.25, -0.2) is 0 Å². The molecule has 2 fully saturated rings. The fraction of sp³-hybridized carbons (Fsp3) is 0.571. The van der Waals surface area contributed by atoms with E-state index in [9.17, 15) is 53.1 Å². The number of unbranched alkanes of at least 4 members (excludes halogenated alkanes) is 1. The number of aliphatic imine (C=N–C) groups is 1. The zero-order valence-electron chi connectivity index (χ0n) is 42.9. The van der Waals surface area contributed by atoms with E-state index in [0.717, 1.165) is 0 Å². The molecule has 8 atom stereocenters. The molecule has 14 N–H and O–H groups in total. The molecule has 4 rings (SSSR count). The van der Waals surface area contributed by atoms with E-state index in [2.05, 4.69) is 52.2 Å². The van der Waals surface area contributed by atoms with Gasteiger partial charge in [0.05, 0.1) is 13.0 Å². The number of nitrogens with zero attached hydrogens (tertiary/aromatic N) is 5. The predicted molar refractivity (Wildman–Crippen MR) is 272 cm³/mol. The number of hydrogen-bond donors (Lipinski definition) is 11. The number of carboxylic acid groups (broad SMARTS) is 1. The van der Waals surface area contributed by atoms with Crippen LogP contribution in [0.25, 0.3) is 0 Å². The number of carbonyl (C=O) groups excluding carboxylic acids is 9. The van der Waals surface area contributed by atoms with Gasteiger partial charge in [0, 0.05) is 57.8 Å². The second kappa shape index (κ2) is 29.8. The Labute approximate surface area is 435 Å². The first-order valence-electron chi connectivity index (χ1n) is 25.1. The van der Waals surface area contributed by atoms with Crippen molar-refractivity contribution in [2.45, 2.75) is 140 Å². The summed E-state index contributed by atoms with van der Waals surface area (Å²) >= 11 is 0. The highest BCUT2D eigenvalue weighted by Gasteiger charge is 2.42. The van der Waals surface area contributed by atoms with Crippen LogP contribution < -0.4 is 54.4 Å². The number of aromatic nitrogens is 2. The van der Waals surface area contributed by atoms with E-state index < -0.39 is 120 Å². The third-order valence-corrected chi connectivity index (χ3v) is 12.6. The Bertz CT molecular complexity index is 2340. The molecule has 0 bridgehead atoms. The highest BCUT2D eigenvalue weighted by molar-refractivity contribution is 5.99. The quantitative estimate of drug-likeness (QED) is 0.0449. The van der Waals surface area contributed by atoms with E-state index in [4.69, 9.17) is 17.2 Å². The van der Waals surface area contributed by atoms with Gasteiger partial charge in [0.15, 0.2) is 5.96 Å². The van der Waals surface area contributed by atoms with Crippen molar-refractivity contribution in [2.75, 3.05) is 33.2 Å². The number of fused-ring (bicyclic) bond motifs is 1. The molecule has 0 radical (unpaired) electrons. The molecule has 410 valence electrons. The Balaban J connectivity index is 1.81. The smallest absolute Gasteiger partial charge is 0.305 e. The van der Waals surface area contributed by atoms with Crippen LogP contribution in [0.4, 0.5) is 0 Å². The second-order valence-corrected chi connectivity index (χ2v) is 19.0. The van der Waals surface area contributed by atoms with Crippen molar-refractivity contribution in [2.24, 2.45) is 28.1 Å². The van der Waals surface area contributed by atoms with Gasteiger partial charge in [-0.3, -0.25) is 62.9 Å². The van der Waals surface area contributed by atoms with Gasteiger partial charge in [-0.2, -0.15) is 0 Å². The Morgan fingerprint density at radius 1 is 0.707 bits per heavy atom. The van der Waals surface area contributed by atoms with Gasteiger partial charge in [0.2, 0.25) is 53.2 Å². The zero-order valence-corrected chi connectivity index (χ0v) is 42.9. The second-order valence-electron chi connectivity index (χ2n) is 19.0. The maximum atomic E-state index is 14.7. The minimum Gasteiger partial charge on any atom is -0.481 e. The van der Waals surface area contributed by atoms with Crippen molar-refractivity contribution in [1.29, 1.82) is 0 Å². The third-order valence-electron chi connectivity index (χ3n) is 12.6. The molecule has 2 aliphatic rings. The van der Waals surface area contributed by atoms with E-state index in [0.29, 0.717) is 30.4 Å². The van der Waals surface area contributed by atoms with Crippen LogP contribution >= 0.6 is 0 Å². The van der Waals surface area contributed by atoms with Crippen LogP contribution in [-0.2, 0) is 60.8 Å². The summed E-state index contributed by atoms with van der Waals surface area (Å²) in [4.78, 5) is 154. The van der Waals surface area contributed by atoms with Gasteiger partial charge in [-0.05, 0) is 106 Å². The molecule has 26 nitrogen and oxygen atoms in total. The molecular formula is C49H73N15O11. The first kappa shape index (κ1) is 59.8. The standard InChI is InChI=1S/C49H73N15O11/c1-28(2)23-33-43(70)57-29(3)41(68)62-36(25-31-14-20-54-21-15-31)47(74)64-22-8-11-38(64)48(75)63(4)37(10-5-6-16-50)46(73)61-34(24-30-12-18-53-19-13-30)44(71)59-32(9-7-17-55-49(51)52)42(69)56-27-39(65)58-35(26-40(66)67)45(72)60-33/h12-15,18-21,28-29,32-38H,5-11,16-17,22-27,50H2,1-4H3,(H,56,69)(H,57,70)(H,58,65)(H,59,71)(H,60,72)(H,61,73)(H,62,68)(H,66,67)(H4,51,52,55)/t29-,32-,33?,34?,35?,36?,37?,38+/m0/s1. The number of nitrogens with two attached hydrogens (primary N) is 3. The first-order chi connectivity index (χ1) is 35.7. The summed E-state index contributed by atoms with van der Waals surface area (Å²) in [5.74, 6) is -9.31. The average molecular weight is 1050 g/mol. The largest absolute Gasteiger partial charge is 0.481 e. The number of aliphatic carboxylic acids is 1. The number of rotatable bonds is 16. The van der Waals surface area contributed by atoms with Crippen LogP contribution in [0.15, 0.2) is 54.0 Å². The molecule has 2 aromatic rings. The highest BCUT2D eigenvalue weighted by atomic mass is 16.4. The lowest BCUT2D eigenvalue weighted by molar-refractivity contribution is -0.148. The number of carbonyl (C=O) groups is 10. The van der Waals surface area contributed by atoms with Crippen molar-refractivity contribution in [3.63, 3.8) is 0 Å². The summed E-state index contributed by atoms with van der Waals surface area (Å²) in [5, 5.41) is 27.7. The van der Waals surface area contributed by atoms with Gasteiger partial charge < -0.3 is 69.3 Å². The highest BCUT2D eigenvalue weighted by Crippen LogP contribution is 2.23. The summed E-state index contributed by atoms with van der Waals surface area (Å²) in [5.41, 5.74) is 18.0. The average Bonchev–Trinajstić information content (AvgIpc) is 3.86. The maximum absolute atomic E-state index is 14.7. The van der Waals surface area contributed by atoms with E-state index in [1.807, 2.05) is 0 Å². The zero-order chi connectivity index (χ0) is 55.2. The fourth-order valence-corrected chi connectivity index (χ4v) is 8.66. The normalized spacial score (nSPS) is 24.4. The number of hydrogen-bond acceptors (Lipinski definition) is 14. The summed E-state index contributed by atoms with van der Waals surface area (Å²) in [6.45, 7) is 4.50. The lowest BCUT2D eigenvalue weighted by Gasteiger charge is -2.35. The van der Waals surface area contributed by atoms with Crippen LogP contribution in [-0.4, -0.2) is 172 Å². The van der Waals surface area contributed by atoms with E-state index >= 15 is 0 Å². The summed E-state index contributed by atoms with van der Waals surface area (Å²) in [6, 6.07) is -4.19. The van der Waals surface area contributed by atoms with Gasteiger partial charge >= 0.3 is 5.97 Å². The molecule has 0 spiro atoms. The minimum atomic E-state index is -1.76. The monoisotopic (exact) mass is 1050 g/mol. The maximum Gasteiger partial charge on any atom is 0.305 e. The Hall–Kier alpha value is -7.77. The number of pyridine rings is 2. The van der Waals surface area contributed by atoms with Gasteiger partial charge in [0.25, 0.3) is 0 Å². The summed E-state index contributed by atoms with van der Waals surface area (Å²) < 4.78 is 0. The molecule has 2 aromatic heterocycles. The van der Waals surface area contributed by atoms with E-state index in [1.165, 1.54) is 48.6 Å². The molecule has 75 heavy (non-hydrogen) atoms. The summed E-state index contributed by atoms with van der Waals surface area (Å²) in [7, 11) is 1.43. The van der Waals surface area contributed by atoms with Crippen molar-refractivity contribution >= 4 is 65.1 Å². The lowest BCUT2D eigenvalue weighted by Crippen LogP contribution is -2.60. The Kier molecular flexibility index (Phi) is 23.8. The van der Waals surface area contributed by atoms with E-state index in [1.54, 1.807) is 38.1 Å². The van der Waals surface area contributed by atoms with Crippen LogP contribution in [0, 0.1) is 5.92 Å². The molecule has 26 heteroatoms.